The highest BCUT2D eigenvalue weighted by Gasteiger charge is 2.63. The normalized spacial score (nSPS) is 40.3. The molecule has 2 unspecified atom stereocenters. The third-order valence-electron chi connectivity index (χ3n) is 12.2. The van der Waals surface area contributed by atoms with Crippen LogP contribution in [0.5, 0.6) is 0 Å². The van der Waals surface area contributed by atoms with E-state index in [1.165, 1.54) is 50.4 Å². The van der Waals surface area contributed by atoms with Crippen molar-refractivity contribution < 1.29 is 19.8 Å². The molecule has 4 nitrogen and oxygen atoms in total. The van der Waals surface area contributed by atoms with Gasteiger partial charge in [0.15, 0.2) is 0 Å². The van der Waals surface area contributed by atoms with Crippen LogP contribution in [0.1, 0.15) is 114 Å². The van der Waals surface area contributed by atoms with E-state index in [2.05, 4.69) is 46.8 Å². The lowest BCUT2D eigenvalue weighted by Crippen LogP contribution is -2.55. The molecule has 214 valence electrons. The van der Waals surface area contributed by atoms with Gasteiger partial charge in [0.25, 0.3) is 0 Å². The van der Waals surface area contributed by atoms with E-state index < -0.39 is 12.1 Å². The number of allylic oxidation sites excluding steroid dienone is 1. The van der Waals surface area contributed by atoms with Crippen molar-refractivity contribution in [2.24, 2.45) is 52.3 Å². The molecule has 2 N–H and O–H groups in total. The van der Waals surface area contributed by atoms with Crippen LogP contribution in [-0.2, 0) is 4.79 Å². The Kier molecular flexibility index (Phi) is 7.92. The summed E-state index contributed by atoms with van der Waals surface area (Å²) in [5.74, 6) is 2.47. The number of hydrogen-bond acceptors (Lipinski definition) is 3. The smallest absolute Gasteiger partial charge is 0.335 e. The highest BCUT2D eigenvalue weighted by atomic mass is 16.4. The Morgan fingerprint density at radius 3 is 2.56 bits per heavy atom. The highest BCUT2D eigenvalue weighted by molar-refractivity contribution is 5.87. The van der Waals surface area contributed by atoms with Crippen molar-refractivity contribution in [1.29, 1.82) is 0 Å². The van der Waals surface area contributed by atoms with Crippen LogP contribution >= 0.6 is 0 Å². The van der Waals surface area contributed by atoms with Crippen molar-refractivity contribution in [2.45, 2.75) is 104 Å². The second-order valence-electron chi connectivity index (χ2n) is 14.6. The van der Waals surface area contributed by atoms with Gasteiger partial charge in [0.1, 0.15) is 6.29 Å². The van der Waals surface area contributed by atoms with Crippen LogP contribution in [0.2, 0.25) is 0 Å². The fourth-order valence-corrected chi connectivity index (χ4v) is 10.3. The molecule has 1 aromatic carbocycles. The van der Waals surface area contributed by atoms with Gasteiger partial charge in [-0.1, -0.05) is 77.7 Å². The molecule has 0 heterocycles. The van der Waals surface area contributed by atoms with Gasteiger partial charge in [-0.2, -0.15) is 0 Å². The molecule has 0 spiro atoms. The molecule has 4 heteroatoms. The van der Waals surface area contributed by atoms with Gasteiger partial charge in [-0.15, -0.1) is 0 Å². The summed E-state index contributed by atoms with van der Waals surface area (Å²) in [6.45, 7) is 12.0. The van der Waals surface area contributed by atoms with Crippen molar-refractivity contribution in [1.82, 2.24) is 0 Å². The number of carbonyl (C=O) groups excluding carboxylic acids is 1. The van der Waals surface area contributed by atoms with Gasteiger partial charge in [-0.05, 0) is 108 Å². The summed E-state index contributed by atoms with van der Waals surface area (Å²) in [7, 11) is 0. The minimum atomic E-state index is -0.912. The zero-order chi connectivity index (χ0) is 28.1. The first-order valence-electron chi connectivity index (χ1n) is 15.7. The molecular weight excluding hydrogens is 484 g/mol. The maximum Gasteiger partial charge on any atom is 0.335 e. The van der Waals surface area contributed by atoms with E-state index in [-0.39, 0.29) is 22.7 Å². The zero-order valence-corrected chi connectivity index (χ0v) is 24.7. The average molecular weight is 535 g/mol. The summed E-state index contributed by atoms with van der Waals surface area (Å²) in [4.78, 5) is 24.5. The molecule has 0 bridgehead atoms. The van der Waals surface area contributed by atoms with E-state index in [0.29, 0.717) is 42.1 Å². The van der Waals surface area contributed by atoms with Crippen LogP contribution < -0.4 is 0 Å². The first kappa shape index (κ1) is 28.6. The number of fused-ring (bicyclic) bond motifs is 5. The number of aromatic carboxylic acids is 1. The van der Waals surface area contributed by atoms with Crippen molar-refractivity contribution in [3.8, 4) is 0 Å². The Morgan fingerprint density at radius 1 is 1.10 bits per heavy atom. The van der Waals surface area contributed by atoms with Gasteiger partial charge in [0, 0.05) is 5.92 Å². The maximum atomic E-state index is 12.7. The first-order chi connectivity index (χ1) is 18.5. The SMILES string of the molecule is CC(C)CCC[C@@H](C)[C@H]1CC[C@H]2[C@@H]3C(C=O)C=C4C[C@@H](O)CC(c5cccc(C(=O)O)c5)[C@]4(C)[C@H]3CC[C@]12C. The topological polar surface area (TPSA) is 74.6 Å². The largest absolute Gasteiger partial charge is 0.478 e. The molecule has 0 radical (unpaired) electrons. The van der Waals surface area contributed by atoms with Crippen LogP contribution in [0, 0.1) is 52.3 Å². The van der Waals surface area contributed by atoms with Crippen LogP contribution in [-0.4, -0.2) is 28.6 Å². The van der Waals surface area contributed by atoms with E-state index in [1.54, 1.807) is 6.07 Å². The number of carboxylic acid groups (broad SMARTS) is 1. The van der Waals surface area contributed by atoms with Crippen LogP contribution in [0.3, 0.4) is 0 Å². The Labute approximate surface area is 235 Å². The van der Waals surface area contributed by atoms with Crippen LogP contribution in [0.15, 0.2) is 35.9 Å². The highest BCUT2D eigenvalue weighted by Crippen LogP contribution is 2.70. The number of aliphatic hydroxyl groups excluding tert-OH is 1. The number of hydrogen-bond donors (Lipinski definition) is 2. The Morgan fingerprint density at radius 2 is 1.87 bits per heavy atom. The van der Waals surface area contributed by atoms with E-state index in [9.17, 15) is 19.8 Å². The van der Waals surface area contributed by atoms with Gasteiger partial charge in [-0.25, -0.2) is 4.79 Å². The van der Waals surface area contributed by atoms with Gasteiger partial charge >= 0.3 is 5.97 Å². The maximum absolute atomic E-state index is 12.7. The number of carboxylic acids is 1. The number of benzene rings is 1. The summed E-state index contributed by atoms with van der Waals surface area (Å²) < 4.78 is 0. The molecule has 10 atom stereocenters. The van der Waals surface area contributed by atoms with Crippen molar-refractivity contribution in [3.05, 3.63) is 47.0 Å². The van der Waals surface area contributed by atoms with E-state index in [4.69, 9.17) is 0 Å². The molecule has 0 aromatic heterocycles. The second kappa shape index (κ2) is 10.8. The second-order valence-corrected chi connectivity index (χ2v) is 14.6. The fourth-order valence-electron chi connectivity index (χ4n) is 10.3. The van der Waals surface area contributed by atoms with Crippen molar-refractivity contribution >= 4 is 12.3 Å². The minimum Gasteiger partial charge on any atom is -0.478 e. The van der Waals surface area contributed by atoms with Crippen LogP contribution in [0.4, 0.5) is 0 Å². The summed E-state index contributed by atoms with van der Waals surface area (Å²) in [6.07, 6.45) is 13.0. The molecule has 0 amide bonds. The summed E-state index contributed by atoms with van der Waals surface area (Å²) in [5, 5.41) is 20.7. The molecular formula is C35H50O4. The van der Waals surface area contributed by atoms with Crippen LogP contribution in [0.25, 0.3) is 0 Å². The van der Waals surface area contributed by atoms with E-state index >= 15 is 0 Å². The third-order valence-corrected chi connectivity index (χ3v) is 12.2. The van der Waals surface area contributed by atoms with Crippen molar-refractivity contribution in [2.75, 3.05) is 0 Å². The summed E-state index contributed by atoms with van der Waals surface area (Å²) in [6, 6.07) is 7.38. The number of rotatable bonds is 8. The number of aliphatic hydroxyl groups is 1. The average Bonchev–Trinajstić information content (AvgIpc) is 3.25. The summed E-state index contributed by atoms with van der Waals surface area (Å²) in [5.41, 5.74) is 2.64. The molecule has 3 fully saturated rings. The Hall–Kier alpha value is -1.94. The molecule has 4 aliphatic carbocycles. The monoisotopic (exact) mass is 534 g/mol. The fraction of sp³-hybridized carbons (Fsp3) is 0.714. The predicted octanol–water partition coefficient (Wildman–Crippen LogP) is 7.91. The third kappa shape index (κ3) is 4.83. The lowest BCUT2D eigenvalue weighted by molar-refractivity contribution is -0.121. The minimum absolute atomic E-state index is 0.0448. The molecule has 3 saturated carbocycles. The molecule has 5 rings (SSSR count). The van der Waals surface area contributed by atoms with Gasteiger partial charge in [0.05, 0.1) is 11.7 Å². The molecule has 1 aromatic rings. The zero-order valence-electron chi connectivity index (χ0n) is 24.7. The van der Waals surface area contributed by atoms with E-state index in [1.807, 2.05) is 12.1 Å². The van der Waals surface area contributed by atoms with Gasteiger partial charge < -0.3 is 15.0 Å². The quantitative estimate of drug-likeness (QED) is 0.262. The van der Waals surface area contributed by atoms with Gasteiger partial charge in [0.2, 0.25) is 0 Å². The van der Waals surface area contributed by atoms with Gasteiger partial charge in [-0.3, -0.25) is 0 Å². The molecule has 39 heavy (non-hydrogen) atoms. The summed E-state index contributed by atoms with van der Waals surface area (Å²) >= 11 is 0. The lowest BCUT2D eigenvalue weighted by Gasteiger charge is -2.62. The Balaban J connectivity index is 1.50. The standard InChI is InChI=1S/C35H50O4/c1-21(2)8-6-9-22(3)28-12-13-29-32-25(20-36)17-26-18-27(37)19-31(23-10-7-11-24(16-23)33(38)39)35(26,5)30(32)14-15-34(28,29)4/h7,10-11,16-17,20-22,25,27-32,37H,6,8-9,12-15,18-19H2,1-5H3,(H,38,39)/t22-,25?,27-,28-,29+,30+,31?,32+,34-,35+/m1/s1. The Bertz CT molecular complexity index is 1110. The van der Waals surface area contributed by atoms with E-state index in [0.717, 1.165) is 23.8 Å². The number of aldehydes is 1. The number of carbonyl (C=O) groups is 2. The molecule has 4 aliphatic rings. The van der Waals surface area contributed by atoms with Crippen molar-refractivity contribution in [3.63, 3.8) is 0 Å². The molecule has 0 saturated heterocycles. The predicted molar refractivity (Wildman–Crippen MR) is 156 cm³/mol. The lowest BCUT2D eigenvalue weighted by atomic mass is 9.42. The first-order valence-corrected chi connectivity index (χ1v) is 15.7. The molecule has 0 aliphatic heterocycles.